The Labute approximate surface area is 244 Å². The molecule has 0 bridgehead atoms. The molecule has 0 atom stereocenters. The SMILES string of the molecule is CC(=O)CCCCCCCN1C(=O)c2ccc(C(=O)NC3CCC(CC4CCC(NC(C)=O)CC4)CC3)cc2C1=O. The van der Waals surface area contributed by atoms with Gasteiger partial charge in [0.25, 0.3) is 17.7 Å². The predicted molar refractivity (Wildman–Crippen MR) is 158 cm³/mol. The molecule has 0 unspecified atom stereocenters. The Hall–Kier alpha value is -3.03. The second kappa shape index (κ2) is 14.7. The number of nitrogens with zero attached hydrogens (tertiary/aromatic N) is 1. The van der Waals surface area contributed by atoms with Crippen molar-refractivity contribution in [1.29, 1.82) is 0 Å². The summed E-state index contributed by atoms with van der Waals surface area (Å²) in [5.74, 6) is 0.925. The van der Waals surface area contributed by atoms with Crippen LogP contribution < -0.4 is 10.6 Å². The van der Waals surface area contributed by atoms with Crippen molar-refractivity contribution in [3.8, 4) is 0 Å². The molecule has 1 aliphatic heterocycles. The van der Waals surface area contributed by atoms with Crippen molar-refractivity contribution in [2.24, 2.45) is 11.8 Å². The lowest BCUT2D eigenvalue weighted by atomic mass is 9.75. The number of nitrogens with one attached hydrogen (secondary N) is 2. The van der Waals surface area contributed by atoms with Crippen LogP contribution in [0.25, 0.3) is 0 Å². The van der Waals surface area contributed by atoms with Gasteiger partial charge in [-0.15, -0.1) is 0 Å². The number of imide groups is 1. The first-order valence-electron chi connectivity index (χ1n) is 15.8. The van der Waals surface area contributed by atoms with E-state index in [4.69, 9.17) is 0 Å². The van der Waals surface area contributed by atoms with Crippen molar-refractivity contribution in [2.75, 3.05) is 6.54 Å². The Morgan fingerprint density at radius 2 is 1.29 bits per heavy atom. The fourth-order valence-electron chi connectivity index (χ4n) is 6.92. The molecule has 2 aliphatic carbocycles. The van der Waals surface area contributed by atoms with Crippen LogP contribution in [0, 0.1) is 11.8 Å². The smallest absolute Gasteiger partial charge is 0.261 e. The van der Waals surface area contributed by atoms with Gasteiger partial charge in [0.2, 0.25) is 5.91 Å². The second-order valence-corrected chi connectivity index (χ2v) is 12.6. The summed E-state index contributed by atoms with van der Waals surface area (Å²) in [6.45, 7) is 3.57. The molecule has 2 fully saturated rings. The standard InChI is InChI=1S/C33H47N3O5/c1-22(37)8-6-4-3-5-7-19-36-32(40)29-18-13-26(21-30(29)33(36)41)31(39)35-28-16-11-25(12-17-28)20-24-9-14-27(15-10-24)34-23(2)38/h13,18,21,24-25,27-28H,3-12,14-17,19-20H2,1-2H3,(H,34,38)(H,35,39). The molecule has 0 radical (unpaired) electrons. The molecule has 4 rings (SSSR count). The van der Waals surface area contributed by atoms with E-state index in [0.717, 1.165) is 76.5 Å². The number of unbranched alkanes of at least 4 members (excludes halogenated alkanes) is 4. The van der Waals surface area contributed by atoms with Crippen molar-refractivity contribution in [1.82, 2.24) is 15.5 Å². The van der Waals surface area contributed by atoms with Gasteiger partial charge in [-0.2, -0.15) is 0 Å². The zero-order valence-corrected chi connectivity index (χ0v) is 24.8. The van der Waals surface area contributed by atoms with Crippen LogP contribution in [0.15, 0.2) is 18.2 Å². The maximum Gasteiger partial charge on any atom is 0.261 e. The number of fused-ring (bicyclic) bond motifs is 1. The van der Waals surface area contributed by atoms with E-state index in [0.29, 0.717) is 41.6 Å². The number of hydrogen-bond donors (Lipinski definition) is 2. The maximum atomic E-state index is 13.1. The number of benzene rings is 1. The van der Waals surface area contributed by atoms with Gasteiger partial charge in [-0.3, -0.25) is 24.1 Å². The first-order chi connectivity index (χ1) is 19.7. The maximum absolute atomic E-state index is 13.1. The fraction of sp³-hybridized carbons (Fsp3) is 0.667. The van der Waals surface area contributed by atoms with E-state index >= 15 is 0 Å². The third-order valence-corrected chi connectivity index (χ3v) is 9.25. The molecule has 41 heavy (non-hydrogen) atoms. The molecule has 224 valence electrons. The number of ketones is 1. The highest BCUT2D eigenvalue weighted by Gasteiger charge is 2.36. The van der Waals surface area contributed by atoms with E-state index in [-0.39, 0.29) is 35.5 Å². The average molecular weight is 566 g/mol. The van der Waals surface area contributed by atoms with Crippen LogP contribution in [0.3, 0.4) is 0 Å². The van der Waals surface area contributed by atoms with Crippen LogP contribution in [-0.4, -0.2) is 52.9 Å². The molecule has 8 nitrogen and oxygen atoms in total. The molecular weight excluding hydrogens is 518 g/mol. The quantitative estimate of drug-likeness (QED) is 0.239. The lowest BCUT2D eigenvalue weighted by molar-refractivity contribution is -0.120. The molecule has 2 N–H and O–H groups in total. The Kier molecular flexibility index (Phi) is 11.1. The van der Waals surface area contributed by atoms with Gasteiger partial charge in [-0.05, 0) is 108 Å². The molecule has 2 saturated carbocycles. The molecule has 3 aliphatic rings. The number of carbonyl (C=O) groups excluding carboxylic acids is 5. The van der Waals surface area contributed by atoms with Gasteiger partial charge in [0.15, 0.2) is 0 Å². The molecule has 1 aromatic rings. The number of hydrogen-bond acceptors (Lipinski definition) is 5. The summed E-state index contributed by atoms with van der Waals surface area (Å²) in [6, 6.07) is 5.32. The Morgan fingerprint density at radius 3 is 1.90 bits per heavy atom. The van der Waals surface area contributed by atoms with E-state index in [1.807, 2.05) is 0 Å². The molecular formula is C33H47N3O5. The minimum absolute atomic E-state index is 0.0661. The van der Waals surface area contributed by atoms with Crippen molar-refractivity contribution < 1.29 is 24.0 Å². The first kappa shape index (κ1) is 30.9. The third kappa shape index (κ3) is 8.73. The number of amides is 4. The predicted octanol–water partition coefficient (Wildman–Crippen LogP) is 5.59. The van der Waals surface area contributed by atoms with Crippen molar-refractivity contribution in [3.63, 3.8) is 0 Å². The Bertz CT molecular complexity index is 1120. The highest BCUT2D eigenvalue weighted by molar-refractivity contribution is 6.22. The van der Waals surface area contributed by atoms with Crippen LogP contribution in [0.1, 0.15) is 141 Å². The number of carbonyl (C=O) groups is 5. The zero-order valence-electron chi connectivity index (χ0n) is 24.8. The fourth-order valence-corrected chi connectivity index (χ4v) is 6.92. The van der Waals surface area contributed by atoms with Gasteiger partial charge < -0.3 is 15.4 Å². The normalized spacial score (nSPS) is 24.2. The van der Waals surface area contributed by atoms with Gasteiger partial charge in [-0.25, -0.2) is 0 Å². The van der Waals surface area contributed by atoms with Gasteiger partial charge in [0.05, 0.1) is 11.1 Å². The Morgan fingerprint density at radius 1 is 0.732 bits per heavy atom. The summed E-state index contributed by atoms with van der Waals surface area (Å²) < 4.78 is 0. The molecule has 1 heterocycles. The summed E-state index contributed by atoms with van der Waals surface area (Å²) in [5.41, 5.74) is 1.12. The van der Waals surface area contributed by atoms with Gasteiger partial charge in [0, 0.05) is 37.5 Å². The Balaban J connectivity index is 1.18. The van der Waals surface area contributed by atoms with E-state index in [2.05, 4.69) is 10.6 Å². The van der Waals surface area contributed by atoms with E-state index in [9.17, 15) is 24.0 Å². The topological polar surface area (TPSA) is 113 Å². The summed E-state index contributed by atoms with van der Waals surface area (Å²) >= 11 is 0. The molecule has 8 heteroatoms. The largest absolute Gasteiger partial charge is 0.354 e. The zero-order chi connectivity index (χ0) is 29.4. The minimum atomic E-state index is -0.317. The van der Waals surface area contributed by atoms with Crippen LogP contribution >= 0.6 is 0 Å². The van der Waals surface area contributed by atoms with Gasteiger partial charge >= 0.3 is 0 Å². The lowest BCUT2D eigenvalue weighted by Gasteiger charge is -2.34. The van der Waals surface area contributed by atoms with Crippen LogP contribution in [0.5, 0.6) is 0 Å². The van der Waals surface area contributed by atoms with Crippen molar-refractivity contribution in [3.05, 3.63) is 34.9 Å². The second-order valence-electron chi connectivity index (χ2n) is 12.6. The lowest BCUT2D eigenvalue weighted by Crippen LogP contribution is -2.38. The van der Waals surface area contributed by atoms with Crippen molar-refractivity contribution >= 4 is 29.4 Å². The number of Topliss-reactive ketones (excluding diaryl/α,β-unsaturated/α-hetero) is 1. The molecule has 0 spiro atoms. The van der Waals surface area contributed by atoms with E-state index < -0.39 is 0 Å². The van der Waals surface area contributed by atoms with Crippen LogP contribution in [0.4, 0.5) is 0 Å². The van der Waals surface area contributed by atoms with Crippen LogP contribution in [0.2, 0.25) is 0 Å². The van der Waals surface area contributed by atoms with Gasteiger partial charge in [0.1, 0.15) is 5.78 Å². The summed E-state index contributed by atoms with van der Waals surface area (Å²) in [5, 5.41) is 6.22. The first-order valence-corrected chi connectivity index (χ1v) is 15.8. The number of rotatable bonds is 13. The summed E-state index contributed by atoms with van der Waals surface area (Å²) in [6.07, 6.45) is 15.0. The van der Waals surface area contributed by atoms with Gasteiger partial charge in [-0.1, -0.05) is 19.3 Å². The van der Waals surface area contributed by atoms with Crippen molar-refractivity contribution in [2.45, 2.75) is 122 Å². The summed E-state index contributed by atoms with van der Waals surface area (Å²) in [4.78, 5) is 62.5. The van der Waals surface area contributed by atoms with E-state index in [1.54, 1.807) is 32.0 Å². The molecule has 0 aromatic heterocycles. The molecule has 0 saturated heterocycles. The third-order valence-electron chi connectivity index (χ3n) is 9.25. The molecule has 1 aromatic carbocycles. The van der Waals surface area contributed by atoms with E-state index in [1.165, 1.54) is 24.2 Å². The average Bonchev–Trinajstić information content (AvgIpc) is 3.18. The highest BCUT2D eigenvalue weighted by Crippen LogP contribution is 2.35. The summed E-state index contributed by atoms with van der Waals surface area (Å²) in [7, 11) is 0. The van der Waals surface area contributed by atoms with Crippen LogP contribution in [-0.2, 0) is 9.59 Å². The molecule has 4 amide bonds. The minimum Gasteiger partial charge on any atom is -0.354 e. The highest BCUT2D eigenvalue weighted by atomic mass is 16.2. The monoisotopic (exact) mass is 565 g/mol.